The Bertz CT molecular complexity index is 1000. The van der Waals surface area contributed by atoms with Gasteiger partial charge in [-0.25, -0.2) is 0 Å². The molecule has 0 aromatic carbocycles. The van der Waals surface area contributed by atoms with E-state index < -0.39 is 48.4 Å². The minimum absolute atomic E-state index is 0.149. The van der Waals surface area contributed by atoms with E-state index in [9.17, 15) is 4.79 Å². The predicted octanol–water partition coefficient (Wildman–Crippen LogP) is 19.5. The summed E-state index contributed by atoms with van der Waals surface area (Å²) >= 11 is 0. The smallest absolute Gasteiger partial charge is 0.302 e. The van der Waals surface area contributed by atoms with Crippen molar-refractivity contribution < 1.29 is 19.0 Å². The average molecular weight is 1020 g/mol. The fourth-order valence-corrected chi connectivity index (χ4v) is 37.0. The number of esters is 1. The summed E-state index contributed by atoms with van der Waals surface area (Å²) in [4.78, 5) is 10.7. The maximum absolute atomic E-state index is 10.7. The first-order valence-electron chi connectivity index (χ1n) is 27.8. The Kier molecular flexibility index (Phi) is 47.7. The number of carbonyl (C=O) groups is 1. The van der Waals surface area contributed by atoms with Gasteiger partial charge in [-0.1, -0.05) is 275 Å². The van der Waals surface area contributed by atoms with Crippen LogP contribution < -0.4 is 0 Å². The molecule has 4 nitrogen and oxygen atoms in total. The second kappa shape index (κ2) is 42.8. The molecule has 0 radical (unpaired) electrons. The molecule has 64 heavy (non-hydrogen) atoms. The fourth-order valence-electron chi connectivity index (χ4n) is 9.24. The van der Waals surface area contributed by atoms with Gasteiger partial charge in [-0.3, -0.25) is 4.79 Å². The molecule has 1 unspecified atom stereocenters. The summed E-state index contributed by atoms with van der Waals surface area (Å²) in [5, 5.41) is 0. The Balaban J connectivity index is -0.000000377. The lowest BCUT2D eigenvalue weighted by atomic mass is 10.2. The summed E-state index contributed by atoms with van der Waals surface area (Å²) in [6.07, 6.45) is 18.7. The second-order valence-electron chi connectivity index (χ2n) is 25.2. The maximum Gasteiger partial charge on any atom is 0.302 e. The van der Waals surface area contributed by atoms with E-state index in [1.807, 2.05) is 0 Å². The third kappa shape index (κ3) is 55.5. The van der Waals surface area contributed by atoms with E-state index in [0.717, 1.165) is 19.6 Å². The van der Waals surface area contributed by atoms with Crippen molar-refractivity contribution in [2.75, 3.05) is 34.0 Å². The van der Waals surface area contributed by atoms with Crippen LogP contribution in [0.2, 0.25) is 170 Å². The van der Waals surface area contributed by atoms with Crippen molar-refractivity contribution in [3.63, 3.8) is 0 Å². The normalized spacial score (nSPS) is 13.0. The van der Waals surface area contributed by atoms with Crippen molar-refractivity contribution in [1.29, 1.82) is 0 Å². The molecule has 0 fully saturated rings. The number of ether oxygens (including phenoxy) is 3. The standard InChI is InChI=1S/C15H34O2Si2.C13H32OSi2.C13H30OSi.C12H30Si2/c1-7-11-18(3,4)13-14-19(5,6)12-9-8-10-17-15(2)16;1-6-10-15(3)11-13-16(4,5)12-8-7-9-14-2;1-5-12-15(3,4)13-10-8-6-7-9-11-14-2;1-7-9-13(3,4)11-12-14(5,6)10-8-2/h7-14H2,1-6H3;15H,6-13H2,1-5H3;5-13H2,1-4H3;7-12H2,1-6H3. The lowest BCUT2D eigenvalue weighted by Gasteiger charge is -2.28. The highest BCUT2D eigenvalue weighted by atomic mass is 28.3. The first-order chi connectivity index (χ1) is 29.6. The Labute approximate surface area is 414 Å². The summed E-state index contributed by atoms with van der Waals surface area (Å²) < 4.78 is 15.1. The lowest BCUT2D eigenvalue weighted by Crippen LogP contribution is -2.32. The monoisotopic (exact) mass is 1020 g/mol. The topological polar surface area (TPSA) is 44.8 Å². The highest BCUT2D eigenvalue weighted by Gasteiger charge is 2.27. The van der Waals surface area contributed by atoms with Crippen LogP contribution in [0, 0.1) is 0 Å². The van der Waals surface area contributed by atoms with Gasteiger partial charge in [-0.05, 0) is 19.3 Å². The highest BCUT2D eigenvalue weighted by molar-refractivity contribution is 6.83. The van der Waals surface area contributed by atoms with E-state index in [4.69, 9.17) is 14.2 Å². The molecular weight excluding hydrogens is 897 g/mol. The molecule has 0 saturated heterocycles. The van der Waals surface area contributed by atoms with Crippen LogP contribution in [0.5, 0.6) is 0 Å². The predicted molar refractivity (Wildman–Crippen MR) is 319 cm³/mol. The van der Waals surface area contributed by atoms with Crippen LogP contribution >= 0.6 is 0 Å². The van der Waals surface area contributed by atoms with Gasteiger partial charge in [-0.15, -0.1) is 0 Å². The zero-order chi connectivity index (χ0) is 50.2. The number of unbranched alkanes of at least 4 members (excludes halogenated alkanes) is 6. The first kappa shape index (κ1) is 71.5. The average Bonchev–Trinajstić information content (AvgIpc) is 3.18. The Morgan fingerprint density at radius 3 is 0.984 bits per heavy atom. The number of hydrogen-bond donors (Lipinski definition) is 0. The van der Waals surface area contributed by atoms with Crippen LogP contribution in [0.15, 0.2) is 0 Å². The molecule has 11 heteroatoms. The number of methoxy groups -OCH3 is 2. The van der Waals surface area contributed by atoms with Crippen molar-refractivity contribution in [3.05, 3.63) is 0 Å². The molecule has 0 spiro atoms. The molecule has 0 rings (SSSR count). The summed E-state index contributed by atoms with van der Waals surface area (Å²) in [6.45, 7) is 48.8. The van der Waals surface area contributed by atoms with Gasteiger partial charge < -0.3 is 14.2 Å². The van der Waals surface area contributed by atoms with Crippen LogP contribution in [0.4, 0.5) is 0 Å². The molecule has 0 bridgehead atoms. The maximum atomic E-state index is 10.7. The summed E-state index contributed by atoms with van der Waals surface area (Å²) in [6, 6.07) is 21.3. The lowest BCUT2D eigenvalue weighted by molar-refractivity contribution is -0.141. The van der Waals surface area contributed by atoms with E-state index in [2.05, 4.69) is 120 Å². The van der Waals surface area contributed by atoms with Crippen molar-refractivity contribution in [2.24, 2.45) is 0 Å². The highest BCUT2D eigenvalue weighted by Crippen LogP contribution is 2.29. The summed E-state index contributed by atoms with van der Waals surface area (Å²) in [7, 11) is -1.97. The van der Waals surface area contributed by atoms with Gasteiger partial charge in [-0.2, -0.15) is 0 Å². The quantitative estimate of drug-likeness (QED) is 0.0353. The van der Waals surface area contributed by atoms with Gasteiger partial charge in [0.2, 0.25) is 0 Å². The third-order valence-corrected chi connectivity index (χ3v) is 39.0. The Hall–Kier alpha value is 0.908. The van der Waals surface area contributed by atoms with Crippen molar-refractivity contribution in [2.45, 2.75) is 301 Å². The second-order valence-corrected chi connectivity index (χ2v) is 60.5. The van der Waals surface area contributed by atoms with Gasteiger partial charge in [0, 0.05) is 91.6 Å². The molecule has 0 aromatic heterocycles. The third-order valence-electron chi connectivity index (χ3n) is 14.0. The molecule has 0 aliphatic heterocycles. The number of hydrogen-bond acceptors (Lipinski definition) is 4. The van der Waals surface area contributed by atoms with Crippen molar-refractivity contribution >= 4 is 63.2 Å². The van der Waals surface area contributed by atoms with E-state index in [1.54, 1.807) is 44.4 Å². The van der Waals surface area contributed by atoms with Crippen molar-refractivity contribution in [3.8, 4) is 0 Å². The van der Waals surface area contributed by atoms with Gasteiger partial charge in [0.05, 0.1) is 6.61 Å². The van der Waals surface area contributed by atoms with Crippen LogP contribution in [-0.2, 0) is 19.0 Å². The van der Waals surface area contributed by atoms with Gasteiger partial charge in [0.25, 0.3) is 0 Å². The molecule has 0 heterocycles. The van der Waals surface area contributed by atoms with Gasteiger partial charge in [0.1, 0.15) is 0 Å². The number of rotatable bonds is 37. The van der Waals surface area contributed by atoms with E-state index in [0.29, 0.717) is 6.61 Å². The molecule has 0 saturated carbocycles. The molecule has 0 aromatic rings. The first-order valence-corrected chi connectivity index (χ1v) is 51.0. The van der Waals surface area contributed by atoms with Crippen LogP contribution in [0.25, 0.3) is 0 Å². The van der Waals surface area contributed by atoms with Gasteiger partial charge in [0.15, 0.2) is 0 Å². The summed E-state index contributed by atoms with van der Waals surface area (Å²) in [5.74, 6) is -0.149. The molecule has 0 aliphatic carbocycles. The fraction of sp³-hybridized carbons (Fsp3) is 0.981. The zero-order valence-corrected chi connectivity index (χ0v) is 55.8. The molecular formula is C53H126O4Si7. The van der Waals surface area contributed by atoms with Gasteiger partial charge >= 0.3 is 5.97 Å². The van der Waals surface area contributed by atoms with Crippen LogP contribution in [0.3, 0.4) is 0 Å². The Morgan fingerprint density at radius 2 is 0.641 bits per heavy atom. The number of carbonyl (C=O) groups excluding carboxylic acids is 1. The Morgan fingerprint density at radius 1 is 0.359 bits per heavy atom. The molecule has 0 N–H and O–H groups in total. The van der Waals surface area contributed by atoms with Crippen LogP contribution in [0.1, 0.15) is 131 Å². The molecule has 0 amide bonds. The minimum Gasteiger partial charge on any atom is -0.466 e. The minimum atomic E-state index is -1.03. The molecule has 0 aliphatic rings. The molecule has 390 valence electrons. The van der Waals surface area contributed by atoms with E-state index in [1.165, 1.54) is 145 Å². The van der Waals surface area contributed by atoms with Crippen molar-refractivity contribution in [1.82, 2.24) is 0 Å². The zero-order valence-electron chi connectivity index (χ0n) is 48.6. The van der Waals surface area contributed by atoms with E-state index in [-0.39, 0.29) is 14.8 Å². The van der Waals surface area contributed by atoms with E-state index >= 15 is 0 Å². The largest absolute Gasteiger partial charge is 0.466 e. The summed E-state index contributed by atoms with van der Waals surface area (Å²) in [5.41, 5.74) is 0. The van der Waals surface area contributed by atoms with Crippen LogP contribution in [-0.4, -0.2) is 97.2 Å². The molecule has 1 atom stereocenters. The SMILES string of the molecule is CCC[SiH](C)CC[Si](C)(C)CCCCOC.CCC[Si](C)(C)CCCCCCCOC.CCC[Si](C)(C)CC[Si](C)(C)CCC.CCC[Si](C)(C)CC[Si](C)(C)CCCCOC(C)=O.